The van der Waals surface area contributed by atoms with Crippen LogP contribution in [0, 0.1) is 0 Å². The molecule has 7 heavy (non-hydrogen) atoms. The predicted octanol–water partition coefficient (Wildman–Crippen LogP) is 0.198. The highest BCUT2D eigenvalue weighted by molar-refractivity contribution is 4.74. The number of hydrogen-bond donors (Lipinski definition) is 2. The van der Waals surface area contributed by atoms with Gasteiger partial charge in [-0.05, 0) is 25.6 Å². The fraction of sp³-hybridized carbons (Fsp3) is 0.600. The lowest BCUT2D eigenvalue weighted by molar-refractivity contribution is 0.854. The van der Waals surface area contributed by atoms with Crippen LogP contribution in [0.15, 0.2) is 12.3 Å². The van der Waals surface area contributed by atoms with Gasteiger partial charge >= 0.3 is 0 Å². The molecule has 0 heterocycles. The summed E-state index contributed by atoms with van der Waals surface area (Å²) in [5, 5.41) is 0. The molecular weight excluding hydrogens is 88.1 g/mol. The molecule has 42 valence electrons. The van der Waals surface area contributed by atoms with Crippen LogP contribution in [-0.2, 0) is 0 Å². The second-order valence-electron chi connectivity index (χ2n) is 1.36. The lowest BCUT2D eigenvalue weighted by Gasteiger charge is -1.84. The van der Waals surface area contributed by atoms with E-state index in [2.05, 4.69) is 0 Å². The first-order valence-electron chi connectivity index (χ1n) is 2.48. The normalized spacial score (nSPS) is 10.4. The molecule has 0 aromatic carbocycles. The summed E-state index contributed by atoms with van der Waals surface area (Å²) in [6, 6.07) is 0. The van der Waals surface area contributed by atoms with Crippen LogP contribution in [0.25, 0.3) is 0 Å². The molecule has 0 aromatic rings. The molecule has 0 fully saturated rings. The van der Waals surface area contributed by atoms with Crippen LogP contribution in [0.4, 0.5) is 0 Å². The number of rotatable bonds is 3. The number of hydrogen-bond acceptors (Lipinski definition) is 2. The maximum absolute atomic E-state index is 5.19. The first-order chi connectivity index (χ1) is 3.41. The highest BCUT2D eigenvalue weighted by atomic mass is 14.5. The molecule has 0 spiro atoms. The molecule has 0 atom stereocenters. The summed E-state index contributed by atoms with van der Waals surface area (Å²) in [5.41, 5.74) is 10.2. The Balaban J connectivity index is 2.69. The van der Waals surface area contributed by atoms with Gasteiger partial charge in [-0.2, -0.15) is 0 Å². The van der Waals surface area contributed by atoms with E-state index in [1.807, 2.05) is 6.08 Å². The smallest absolute Gasteiger partial charge is 0.00743 e. The van der Waals surface area contributed by atoms with E-state index in [9.17, 15) is 0 Å². The van der Waals surface area contributed by atoms with Crippen molar-refractivity contribution in [2.45, 2.75) is 12.8 Å². The van der Waals surface area contributed by atoms with E-state index < -0.39 is 0 Å². The lowest BCUT2D eigenvalue weighted by atomic mass is 10.3. The average Bonchev–Trinajstić information content (AvgIpc) is 1.69. The van der Waals surface area contributed by atoms with Crippen LogP contribution in [0.2, 0.25) is 0 Å². The summed E-state index contributed by atoms with van der Waals surface area (Å²) in [4.78, 5) is 0. The van der Waals surface area contributed by atoms with E-state index in [4.69, 9.17) is 11.5 Å². The third-order valence-corrected chi connectivity index (χ3v) is 0.711. The van der Waals surface area contributed by atoms with Gasteiger partial charge in [0.05, 0.1) is 0 Å². The van der Waals surface area contributed by atoms with Crippen molar-refractivity contribution in [2.24, 2.45) is 11.5 Å². The van der Waals surface area contributed by atoms with Crippen molar-refractivity contribution in [1.29, 1.82) is 0 Å². The monoisotopic (exact) mass is 100 g/mol. The van der Waals surface area contributed by atoms with Gasteiger partial charge in [-0.1, -0.05) is 6.08 Å². The first kappa shape index (κ1) is 6.50. The molecule has 0 aliphatic rings. The largest absolute Gasteiger partial charge is 0.405 e. The van der Waals surface area contributed by atoms with Crippen molar-refractivity contribution in [3.05, 3.63) is 12.3 Å². The third-order valence-electron chi connectivity index (χ3n) is 0.711. The maximum atomic E-state index is 5.19. The molecule has 2 nitrogen and oxygen atoms in total. The molecule has 0 radical (unpaired) electrons. The molecule has 0 amide bonds. The van der Waals surface area contributed by atoms with Crippen molar-refractivity contribution >= 4 is 0 Å². The van der Waals surface area contributed by atoms with Crippen LogP contribution < -0.4 is 11.5 Å². The van der Waals surface area contributed by atoms with E-state index in [1.165, 1.54) is 0 Å². The lowest BCUT2D eigenvalue weighted by Crippen LogP contribution is -1.96. The Morgan fingerprint density at radius 1 is 1.43 bits per heavy atom. The van der Waals surface area contributed by atoms with Crippen molar-refractivity contribution < 1.29 is 0 Å². The Kier molecular flexibility index (Phi) is 5.11. The summed E-state index contributed by atoms with van der Waals surface area (Å²) in [7, 11) is 0. The van der Waals surface area contributed by atoms with Gasteiger partial charge in [0, 0.05) is 0 Å². The van der Waals surface area contributed by atoms with Gasteiger partial charge in [0.25, 0.3) is 0 Å². The first-order valence-corrected chi connectivity index (χ1v) is 2.48. The molecular formula is C5H12N2. The van der Waals surface area contributed by atoms with E-state index >= 15 is 0 Å². The molecule has 0 rings (SSSR count). The summed E-state index contributed by atoms with van der Waals surface area (Å²) < 4.78 is 0. The molecule has 0 unspecified atom stereocenters. The molecule has 0 aliphatic carbocycles. The zero-order valence-electron chi connectivity index (χ0n) is 4.43. The van der Waals surface area contributed by atoms with Gasteiger partial charge in [0.2, 0.25) is 0 Å². The summed E-state index contributed by atoms with van der Waals surface area (Å²) >= 11 is 0. The topological polar surface area (TPSA) is 52.0 Å². The number of allylic oxidation sites excluding steroid dienone is 1. The molecule has 0 aromatic heterocycles. The zero-order valence-corrected chi connectivity index (χ0v) is 4.43. The SMILES string of the molecule is N/C=C\CCCN. The van der Waals surface area contributed by atoms with Crippen LogP contribution in [0.3, 0.4) is 0 Å². The highest BCUT2D eigenvalue weighted by Crippen LogP contribution is 1.83. The maximum Gasteiger partial charge on any atom is -0.00743 e. The van der Waals surface area contributed by atoms with Gasteiger partial charge < -0.3 is 11.5 Å². The van der Waals surface area contributed by atoms with Gasteiger partial charge in [0.1, 0.15) is 0 Å². The van der Waals surface area contributed by atoms with Crippen LogP contribution in [0.5, 0.6) is 0 Å². The average molecular weight is 100 g/mol. The van der Waals surface area contributed by atoms with E-state index in [0.717, 1.165) is 19.4 Å². The number of nitrogens with two attached hydrogens (primary N) is 2. The van der Waals surface area contributed by atoms with Crippen LogP contribution in [0.1, 0.15) is 12.8 Å². The fourth-order valence-electron chi connectivity index (χ4n) is 0.332. The Hall–Kier alpha value is -0.500. The molecule has 0 bridgehead atoms. The minimum absolute atomic E-state index is 0.754. The summed E-state index contributed by atoms with van der Waals surface area (Å²) in [6.45, 7) is 0.754. The quantitative estimate of drug-likeness (QED) is 0.498. The molecule has 0 saturated carbocycles. The van der Waals surface area contributed by atoms with Crippen molar-refractivity contribution in [3.63, 3.8) is 0 Å². The minimum Gasteiger partial charge on any atom is -0.405 e. The van der Waals surface area contributed by atoms with Crippen LogP contribution >= 0.6 is 0 Å². The van der Waals surface area contributed by atoms with E-state index in [-0.39, 0.29) is 0 Å². The van der Waals surface area contributed by atoms with Gasteiger partial charge in [-0.15, -0.1) is 0 Å². The third kappa shape index (κ3) is 5.50. The standard InChI is InChI=1S/C5H12N2/c6-4-2-1-3-5-7/h2,4H,1,3,5-7H2/b4-2-. The van der Waals surface area contributed by atoms with Gasteiger partial charge in [0.15, 0.2) is 0 Å². The van der Waals surface area contributed by atoms with E-state index in [1.54, 1.807) is 6.20 Å². The van der Waals surface area contributed by atoms with Gasteiger partial charge in [-0.3, -0.25) is 0 Å². The zero-order chi connectivity index (χ0) is 5.54. The van der Waals surface area contributed by atoms with E-state index in [0.29, 0.717) is 0 Å². The highest BCUT2D eigenvalue weighted by Gasteiger charge is 1.73. The Morgan fingerprint density at radius 3 is 2.57 bits per heavy atom. The second-order valence-corrected chi connectivity index (χ2v) is 1.36. The number of unbranched alkanes of at least 4 members (excludes halogenated alkanes) is 1. The van der Waals surface area contributed by atoms with Crippen molar-refractivity contribution in [1.82, 2.24) is 0 Å². The fourth-order valence-corrected chi connectivity index (χ4v) is 0.332. The molecule has 2 heteroatoms. The molecule has 0 aliphatic heterocycles. The van der Waals surface area contributed by atoms with Crippen molar-refractivity contribution in [3.8, 4) is 0 Å². The molecule has 4 N–H and O–H groups in total. The summed E-state index contributed by atoms with van der Waals surface area (Å²) in [5.74, 6) is 0. The Bertz CT molecular complexity index is 50.0. The van der Waals surface area contributed by atoms with Crippen molar-refractivity contribution in [2.75, 3.05) is 6.54 Å². The Morgan fingerprint density at radius 2 is 2.14 bits per heavy atom. The Labute approximate surface area is 44.2 Å². The van der Waals surface area contributed by atoms with Crippen LogP contribution in [-0.4, -0.2) is 6.54 Å². The second kappa shape index (κ2) is 5.50. The minimum atomic E-state index is 0.754. The van der Waals surface area contributed by atoms with Gasteiger partial charge in [-0.25, -0.2) is 0 Å². The predicted molar refractivity (Wildman–Crippen MR) is 31.6 cm³/mol. The summed E-state index contributed by atoms with van der Waals surface area (Å²) in [6.07, 6.45) is 5.50. The molecule has 0 saturated heterocycles.